The summed E-state index contributed by atoms with van der Waals surface area (Å²) in [6.45, 7) is 1.95. The summed E-state index contributed by atoms with van der Waals surface area (Å²) >= 11 is 6.21. The number of furan rings is 1. The number of hydrogen-bond acceptors (Lipinski definition) is 5. The third-order valence-electron chi connectivity index (χ3n) is 3.95. The standard InChI is InChI=1S/C21H17ClN2O4/c1-13-3-5-14(6-4-13)20(25)24-23-12-16-8-10-19(28-16)17-11-15(21(26)27-2)7-9-18(17)22/h3-12H,1-2H3,(H,24,25)/b23-12-. The topological polar surface area (TPSA) is 80.9 Å². The summed E-state index contributed by atoms with van der Waals surface area (Å²) in [7, 11) is 1.31. The average molecular weight is 397 g/mol. The molecule has 0 unspecified atom stereocenters. The summed E-state index contributed by atoms with van der Waals surface area (Å²) in [6, 6.07) is 15.3. The van der Waals surface area contributed by atoms with Crippen LogP contribution < -0.4 is 5.43 Å². The number of halogens is 1. The Morgan fingerprint density at radius 3 is 2.50 bits per heavy atom. The number of benzene rings is 2. The average Bonchev–Trinajstić information content (AvgIpc) is 3.16. The van der Waals surface area contributed by atoms with Crippen LogP contribution in [0.3, 0.4) is 0 Å². The van der Waals surface area contributed by atoms with Gasteiger partial charge in [0.2, 0.25) is 0 Å². The molecular weight excluding hydrogens is 380 g/mol. The van der Waals surface area contributed by atoms with Gasteiger partial charge in [0.1, 0.15) is 11.5 Å². The molecule has 1 amide bonds. The normalized spacial score (nSPS) is 10.8. The second kappa shape index (κ2) is 8.54. The van der Waals surface area contributed by atoms with Crippen LogP contribution in [0.4, 0.5) is 0 Å². The molecule has 142 valence electrons. The molecule has 1 N–H and O–H groups in total. The van der Waals surface area contributed by atoms with E-state index in [0.717, 1.165) is 5.56 Å². The Morgan fingerprint density at radius 2 is 1.79 bits per heavy atom. The Morgan fingerprint density at radius 1 is 1.07 bits per heavy atom. The van der Waals surface area contributed by atoms with Crippen LogP contribution in [0, 0.1) is 6.92 Å². The van der Waals surface area contributed by atoms with Gasteiger partial charge in [-0.3, -0.25) is 4.79 Å². The molecule has 0 saturated heterocycles. The van der Waals surface area contributed by atoms with Gasteiger partial charge >= 0.3 is 5.97 Å². The number of nitrogens with zero attached hydrogens (tertiary/aromatic N) is 1. The molecule has 0 aliphatic carbocycles. The van der Waals surface area contributed by atoms with Crippen molar-refractivity contribution in [3.8, 4) is 11.3 Å². The molecule has 3 aromatic rings. The summed E-state index contributed by atoms with van der Waals surface area (Å²) in [4.78, 5) is 23.7. The Balaban J connectivity index is 1.72. The number of carbonyl (C=O) groups is 2. The first kappa shape index (κ1) is 19.4. The highest BCUT2D eigenvalue weighted by Gasteiger charge is 2.13. The molecule has 0 fully saturated rings. The zero-order valence-corrected chi connectivity index (χ0v) is 16.0. The number of methoxy groups -OCH3 is 1. The van der Waals surface area contributed by atoms with Crippen molar-refractivity contribution in [1.82, 2.24) is 5.43 Å². The highest BCUT2D eigenvalue weighted by molar-refractivity contribution is 6.33. The summed E-state index contributed by atoms with van der Waals surface area (Å²) in [5.74, 6) is 0.0859. The van der Waals surface area contributed by atoms with Crippen molar-refractivity contribution in [1.29, 1.82) is 0 Å². The smallest absolute Gasteiger partial charge is 0.337 e. The lowest BCUT2D eigenvalue weighted by Crippen LogP contribution is -2.17. The Labute approximate surface area is 166 Å². The summed E-state index contributed by atoms with van der Waals surface area (Å²) in [5.41, 5.74) is 4.93. The van der Waals surface area contributed by atoms with Gasteiger partial charge in [-0.15, -0.1) is 0 Å². The van der Waals surface area contributed by atoms with Gasteiger partial charge in [-0.05, 0) is 49.4 Å². The van der Waals surface area contributed by atoms with Gasteiger partial charge < -0.3 is 9.15 Å². The zero-order chi connectivity index (χ0) is 20.1. The van der Waals surface area contributed by atoms with Crippen molar-refractivity contribution in [3.05, 3.63) is 82.1 Å². The molecule has 0 aliphatic rings. The minimum atomic E-state index is -0.468. The zero-order valence-electron chi connectivity index (χ0n) is 15.2. The van der Waals surface area contributed by atoms with Crippen LogP contribution in [0.25, 0.3) is 11.3 Å². The largest absolute Gasteiger partial charge is 0.465 e. The molecule has 0 saturated carbocycles. The molecule has 3 rings (SSSR count). The van der Waals surface area contributed by atoms with E-state index >= 15 is 0 Å². The van der Waals surface area contributed by atoms with Crippen LogP contribution in [0.15, 0.2) is 64.1 Å². The fraction of sp³-hybridized carbons (Fsp3) is 0.0952. The van der Waals surface area contributed by atoms with Crippen LogP contribution in [0.5, 0.6) is 0 Å². The number of ether oxygens (including phenoxy) is 1. The maximum Gasteiger partial charge on any atom is 0.337 e. The first-order valence-corrected chi connectivity index (χ1v) is 8.74. The monoisotopic (exact) mass is 396 g/mol. The number of hydrazone groups is 1. The lowest BCUT2D eigenvalue weighted by atomic mass is 10.1. The van der Waals surface area contributed by atoms with Gasteiger partial charge in [-0.1, -0.05) is 29.3 Å². The molecule has 0 aliphatic heterocycles. The molecule has 6 nitrogen and oxygen atoms in total. The molecule has 0 atom stereocenters. The minimum absolute atomic E-state index is 0.322. The van der Waals surface area contributed by atoms with Crippen molar-refractivity contribution in [3.63, 3.8) is 0 Å². The number of nitrogens with one attached hydrogen (secondary N) is 1. The number of aryl methyl sites for hydroxylation is 1. The van der Waals surface area contributed by atoms with Crippen molar-refractivity contribution < 1.29 is 18.7 Å². The van der Waals surface area contributed by atoms with Crippen LogP contribution in [-0.2, 0) is 4.74 Å². The van der Waals surface area contributed by atoms with Gasteiger partial charge in [-0.2, -0.15) is 5.10 Å². The Kier molecular flexibility index (Phi) is 5.91. The molecule has 2 aromatic carbocycles. The molecule has 0 bridgehead atoms. The highest BCUT2D eigenvalue weighted by atomic mass is 35.5. The predicted octanol–water partition coefficient (Wildman–Crippen LogP) is 4.46. The van der Waals surface area contributed by atoms with Gasteiger partial charge in [0.25, 0.3) is 5.91 Å². The van der Waals surface area contributed by atoms with Gasteiger partial charge in [0, 0.05) is 11.1 Å². The Bertz CT molecular complexity index is 1040. The number of carbonyl (C=O) groups excluding carboxylic acids is 2. The van der Waals surface area contributed by atoms with Crippen molar-refractivity contribution in [2.45, 2.75) is 6.92 Å². The molecular formula is C21H17ClN2O4. The van der Waals surface area contributed by atoms with Gasteiger partial charge in [0.05, 0.1) is 23.9 Å². The SMILES string of the molecule is COC(=O)c1ccc(Cl)c(-c2ccc(/C=N\NC(=O)c3ccc(C)cc3)o2)c1. The van der Waals surface area contributed by atoms with E-state index < -0.39 is 5.97 Å². The fourth-order valence-corrected chi connectivity index (χ4v) is 2.66. The highest BCUT2D eigenvalue weighted by Crippen LogP contribution is 2.30. The number of amides is 1. The number of hydrogen-bond donors (Lipinski definition) is 1. The molecule has 7 heteroatoms. The fourth-order valence-electron chi connectivity index (χ4n) is 2.45. The van der Waals surface area contributed by atoms with E-state index in [9.17, 15) is 9.59 Å². The van der Waals surface area contributed by atoms with Gasteiger partial charge in [0.15, 0.2) is 0 Å². The third-order valence-corrected chi connectivity index (χ3v) is 4.28. The summed E-state index contributed by atoms with van der Waals surface area (Å²) in [5, 5.41) is 4.33. The van der Waals surface area contributed by atoms with Crippen molar-refractivity contribution in [2.24, 2.45) is 5.10 Å². The minimum Gasteiger partial charge on any atom is -0.465 e. The number of rotatable bonds is 5. The maximum absolute atomic E-state index is 12.0. The lowest BCUT2D eigenvalue weighted by Gasteiger charge is -2.04. The van der Waals surface area contributed by atoms with Crippen molar-refractivity contribution in [2.75, 3.05) is 7.11 Å². The van der Waals surface area contributed by atoms with Crippen LogP contribution in [0.1, 0.15) is 32.0 Å². The van der Waals surface area contributed by atoms with E-state index in [1.807, 2.05) is 19.1 Å². The second-order valence-corrected chi connectivity index (χ2v) is 6.36. The molecule has 0 spiro atoms. The van der Waals surface area contributed by atoms with Gasteiger partial charge in [-0.25, -0.2) is 10.2 Å². The quantitative estimate of drug-likeness (QED) is 0.392. The van der Waals surface area contributed by atoms with E-state index in [2.05, 4.69) is 10.5 Å². The summed E-state index contributed by atoms with van der Waals surface area (Å²) < 4.78 is 10.4. The predicted molar refractivity (Wildman–Crippen MR) is 107 cm³/mol. The van der Waals surface area contributed by atoms with E-state index in [1.54, 1.807) is 42.5 Å². The van der Waals surface area contributed by atoms with Crippen molar-refractivity contribution >= 4 is 29.7 Å². The maximum atomic E-state index is 12.0. The number of esters is 1. The second-order valence-electron chi connectivity index (χ2n) is 5.95. The summed E-state index contributed by atoms with van der Waals surface area (Å²) in [6.07, 6.45) is 1.38. The van der Waals surface area contributed by atoms with Crippen LogP contribution in [-0.4, -0.2) is 25.2 Å². The lowest BCUT2D eigenvalue weighted by molar-refractivity contribution is 0.0600. The first-order valence-electron chi connectivity index (χ1n) is 8.36. The Hall–Kier alpha value is -3.38. The molecule has 1 aromatic heterocycles. The van der Waals surface area contributed by atoms with E-state index in [-0.39, 0.29) is 5.91 Å². The van der Waals surface area contributed by atoms with E-state index in [1.165, 1.54) is 13.3 Å². The van der Waals surface area contributed by atoms with Crippen LogP contribution >= 0.6 is 11.6 Å². The van der Waals surface area contributed by atoms with E-state index in [0.29, 0.717) is 33.2 Å². The third kappa shape index (κ3) is 4.47. The molecule has 1 heterocycles. The van der Waals surface area contributed by atoms with Crippen LogP contribution in [0.2, 0.25) is 5.02 Å². The first-order chi connectivity index (χ1) is 13.5. The molecule has 28 heavy (non-hydrogen) atoms. The van der Waals surface area contributed by atoms with E-state index in [4.69, 9.17) is 20.8 Å². The molecule has 0 radical (unpaired) electrons.